The molecule has 23 heavy (non-hydrogen) atoms. The summed E-state index contributed by atoms with van der Waals surface area (Å²) in [5.41, 5.74) is 1.73. The van der Waals surface area contributed by atoms with Crippen LogP contribution in [0.3, 0.4) is 0 Å². The lowest BCUT2D eigenvalue weighted by Crippen LogP contribution is -2.28. The first-order valence-corrected chi connectivity index (χ1v) is 7.70. The lowest BCUT2D eigenvalue weighted by Gasteiger charge is -2.16. The van der Waals surface area contributed by atoms with Crippen LogP contribution in [-0.2, 0) is 9.59 Å². The van der Waals surface area contributed by atoms with Crippen molar-refractivity contribution in [1.82, 2.24) is 4.98 Å². The summed E-state index contributed by atoms with van der Waals surface area (Å²) < 4.78 is 0. The van der Waals surface area contributed by atoms with Gasteiger partial charge < -0.3 is 10.2 Å². The molecule has 1 aromatic heterocycles. The third kappa shape index (κ3) is 3.51. The van der Waals surface area contributed by atoms with E-state index in [9.17, 15) is 9.59 Å². The van der Waals surface area contributed by atoms with Gasteiger partial charge >= 0.3 is 0 Å². The minimum atomic E-state index is -0.399. The fourth-order valence-corrected chi connectivity index (χ4v) is 2.73. The Morgan fingerprint density at radius 2 is 2.17 bits per heavy atom. The minimum absolute atomic E-state index is 0.0794. The fraction of sp³-hybridized carbons (Fsp3) is 0.235. The molecule has 0 radical (unpaired) electrons. The molecule has 0 saturated carbocycles. The Hall–Kier alpha value is -2.40. The topological polar surface area (TPSA) is 62.3 Å². The van der Waals surface area contributed by atoms with Crippen LogP contribution in [0.1, 0.15) is 12.0 Å². The van der Waals surface area contributed by atoms with E-state index in [1.54, 1.807) is 35.4 Å². The summed E-state index contributed by atoms with van der Waals surface area (Å²) in [4.78, 5) is 30.3. The van der Waals surface area contributed by atoms with Gasteiger partial charge in [0.15, 0.2) is 0 Å². The number of rotatable bonds is 3. The number of amides is 2. The maximum Gasteiger partial charge on any atom is 0.230 e. The van der Waals surface area contributed by atoms with Crippen LogP contribution in [0.2, 0.25) is 5.02 Å². The van der Waals surface area contributed by atoms with Gasteiger partial charge in [-0.2, -0.15) is 0 Å². The summed E-state index contributed by atoms with van der Waals surface area (Å²) in [5, 5.41) is 3.32. The molecule has 5 nitrogen and oxygen atoms in total. The van der Waals surface area contributed by atoms with Crippen molar-refractivity contribution in [2.24, 2.45) is 5.92 Å². The summed E-state index contributed by atoms with van der Waals surface area (Å²) in [6.07, 6.45) is 1.87. The van der Waals surface area contributed by atoms with Crippen LogP contribution < -0.4 is 10.2 Å². The van der Waals surface area contributed by atoms with Crippen molar-refractivity contribution in [3.05, 3.63) is 53.2 Å². The monoisotopic (exact) mass is 329 g/mol. The van der Waals surface area contributed by atoms with Gasteiger partial charge in [0.25, 0.3) is 0 Å². The molecule has 2 aromatic rings. The zero-order chi connectivity index (χ0) is 16.4. The number of nitrogens with zero attached hydrogens (tertiary/aromatic N) is 2. The number of anilines is 2. The number of benzene rings is 1. The number of hydrogen-bond acceptors (Lipinski definition) is 3. The number of aryl methyl sites for hydroxylation is 1. The molecule has 0 spiro atoms. The summed E-state index contributed by atoms with van der Waals surface area (Å²) >= 11 is 5.96. The van der Waals surface area contributed by atoms with Crippen LogP contribution in [0.4, 0.5) is 11.5 Å². The largest absolute Gasteiger partial charge is 0.312 e. The minimum Gasteiger partial charge on any atom is -0.312 e. The third-order valence-corrected chi connectivity index (χ3v) is 4.01. The Kier molecular flexibility index (Phi) is 4.30. The maximum absolute atomic E-state index is 12.3. The second-order valence-electron chi connectivity index (χ2n) is 5.60. The first-order valence-electron chi connectivity index (χ1n) is 7.32. The molecule has 6 heteroatoms. The normalized spacial score (nSPS) is 17.4. The molecule has 3 rings (SSSR count). The number of halogens is 1. The standard InChI is InChI=1S/C17H16ClN3O2/c1-11-5-6-15(19-9-11)20-17(23)12-7-16(22)21(10-12)14-4-2-3-13(18)8-14/h2-6,8-9,12H,7,10H2,1H3,(H,19,20,23). The molecule has 2 heterocycles. The van der Waals surface area contributed by atoms with E-state index in [-0.39, 0.29) is 18.2 Å². The van der Waals surface area contributed by atoms with Gasteiger partial charge in [0.2, 0.25) is 11.8 Å². The van der Waals surface area contributed by atoms with Gasteiger partial charge in [-0.1, -0.05) is 23.7 Å². The van der Waals surface area contributed by atoms with Crippen molar-refractivity contribution in [3.63, 3.8) is 0 Å². The Balaban J connectivity index is 1.69. The van der Waals surface area contributed by atoms with Gasteiger partial charge in [-0.25, -0.2) is 4.98 Å². The van der Waals surface area contributed by atoms with Crippen LogP contribution in [0, 0.1) is 12.8 Å². The molecule has 2 amide bonds. The van der Waals surface area contributed by atoms with Crippen molar-refractivity contribution < 1.29 is 9.59 Å². The van der Waals surface area contributed by atoms with Gasteiger partial charge in [-0.3, -0.25) is 9.59 Å². The number of pyridine rings is 1. The van der Waals surface area contributed by atoms with Gasteiger partial charge in [0.1, 0.15) is 5.82 Å². The van der Waals surface area contributed by atoms with Gasteiger partial charge in [-0.15, -0.1) is 0 Å². The van der Waals surface area contributed by atoms with Gasteiger partial charge in [0, 0.05) is 29.9 Å². The number of carbonyl (C=O) groups excluding carboxylic acids is 2. The van der Waals surface area contributed by atoms with E-state index in [0.717, 1.165) is 5.56 Å². The van der Waals surface area contributed by atoms with Crippen molar-refractivity contribution >= 4 is 34.9 Å². The van der Waals surface area contributed by atoms with E-state index < -0.39 is 5.92 Å². The molecule has 1 aliphatic heterocycles. The van der Waals surface area contributed by atoms with E-state index in [4.69, 9.17) is 11.6 Å². The molecule has 1 atom stereocenters. The SMILES string of the molecule is Cc1ccc(NC(=O)C2CC(=O)N(c3cccc(Cl)c3)C2)nc1. The van der Waals surface area contributed by atoms with Crippen LogP contribution in [0.5, 0.6) is 0 Å². The summed E-state index contributed by atoms with van der Waals surface area (Å²) in [6.45, 7) is 2.27. The van der Waals surface area contributed by atoms with Crippen molar-refractivity contribution in [3.8, 4) is 0 Å². The van der Waals surface area contributed by atoms with Crippen LogP contribution in [0.15, 0.2) is 42.6 Å². The fourth-order valence-electron chi connectivity index (χ4n) is 2.55. The Bertz CT molecular complexity index is 746. The Morgan fingerprint density at radius 1 is 1.35 bits per heavy atom. The molecular formula is C17H16ClN3O2. The van der Waals surface area contributed by atoms with Crippen molar-refractivity contribution in [2.45, 2.75) is 13.3 Å². The Morgan fingerprint density at radius 3 is 2.87 bits per heavy atom. The summed E-state index contributed by atoms with van der Waals surface area (Å²) in [7, 11) is 0. The van der Waals surface area contributed by atoms with E-state index in [1.165, 1.54) is 0 Å². The lowest BCUT2D eigenvalue weighted by atomic mass is 10.1. The highest BCUT2D eigenvalue weighted by molar-refractivity contribution is 6.31. The van der Waals surface area contributed by atoms with E-state index in [2.05, 4.69) is 10.3 Å². The van der Waals surface area contributed by atoms with Crippen LogP contribution >= 0.6 is 11.6 Å². The highest BCUT2D eigenvalue weighted by Crippen LogP contribution is 2.27. The molecule has 1 aromatic carbocycles. The van der Waals surface area contributed by atoms with E-state index >= 15 is 0 Å². The second-order valence-corrected chi connectivity index (χ2v) is 6.03. The maximum atomic E-state index is 12.3. The third-order valence-electron chi connectivity index (χ3n) is 3.78. The molecule has 1 N–H and O–H groups in total. The highest BCUT2D eigenvalue weighted by atomic mass is 35.5. The predicted molar refractivity (Wildman–Crippen MR) is 89.5 cm³/mol. The highest BCUT2D eigenvalue weighted by Gasteiger charge is 2.35. The predicted octanol–water partition coefficient (Wildman–Crippen LogP) is 3.04. The van der Waals surface area contributed by atoms with E-state index in [0.29, 0.717) is 23.1 Å². The van der Waals surface area contributed by atoms with Gasteiger partial charge in [0.05, 0.1) is 5.92 Å². The van der Waals surface area contributed by atoms with Gasteiger partial charge in [-0.05, 0) is 36.8 Å². The average Bonchev–Trinajstić information content (AvgIpc) is 2.92. The summed E-state index contributed by atoms with van der Waals surface area (Å²) in [6, 6.07) is 10.7. The molecule has 0 aliphatic carbocycles. The molecule has 1 aliphatic rings. The number of nitrogens with one attached hydrogen (secondary N) is 1. The van der Waals surface area contributed by atoms with Crippen molar-refractivity contribution in [2.75, 3.05) is 16.8 Å². The first kappa shape index (κ1) is 15.5. The van der Waals surface area contributed by atoms with Crippen molar-refractivity contribution in [1.29, 1.82) is 0 Å². The first-order chi connectivity index (χ1) is 11.0. The molecule has 118 valence electrons. The Labute approximate surface area is 139 Å². The second kappa shape index (κ2) is 6.38. The average molecular weight is 330 g/mol. The molecule has 1 fully saturated rings. The van der Waals surface area contributed by atoms with E-state index in [1.807, 2.05) is 19.1 Å². The molecular weight excluding hydrogens is 314 g/mol. The number of carbonyl (C=O) groups is 2. The zero-order valence-electron chi connectivity index (χ0n) is 12.6. The number of aromatic nitrogens is 1. The summed E-state index contributed by atoms with van der Waals surface area (Å²) in [5.74, 6) is -0.178. The zero-order valence-corrected chi connectivity index (χ0v) is 13.4. The quantitative estimate of drug-likeness (QED) is 0.941. The molecule has 1 saturated heterocycles. The smallest absolute Gasteiger partial charge is 0.230 e. The van der Waals surface area contributed by atoms with Crippen LogP contribution in [-0.4, -0.2) is 23.3 Å². The lowest BCUT2D eigenvalue weighted by molar-refractivity contribution is -0.122. The number of hydrogen-bond donors (Lipinski definition) is 1. The van der Waals surface area contributed by atoms with Crippen LogP contribution in [0.25, 0.3) is 0 Å². The molecule has 0 bridgehead atoms. The molecule has 1 unspecified atom stereocenters.